The number of carbonyl (C=O) groups is 1. The predicted molar refractivity (Wildman–Crippen MR) is 75.4 cm³/mol. The van der Waals surface area contributed by atoms with E-state index in [1.165, 1.54) is 11.3 Å². The molecule has 19 heavy (non-hydrogen) atoms. The second-order valence-electron chi connectivity index (χ2n) is 4.48. The first-order chi connectivity index (χ1) is 9.34. The summed E-state index contributed by atoms with van der Waals surface area (Å²) in [6.45, 7) is 1.66. The van der Waals surface area contributed by atoms with Crippen LogP contribution in [0.15, 0.2) is 46.9 Å². The van der Waals surface area contributed by atoms with Crippen LogP contribution in [-0.2, 0) is 0 Å². The number of hydrogen-bond donors (Lipinski definition) is 0. The molecule has 98 valence electrons. The fourth-order valence-electron chi connectivity index (χ4n) is 2.20. The summed E-state index contributed by atoms with van der Waals surface area (Å²) in [7, 11) is 0. The van der Waals surface area contributed by atoms with E-state index in [4.69, 9.17) is 0 Å². The summed E-state index contributed by atoms with van der Waals surface area (Å²) in [5.41, 5.74) is 1.02. The normalized spacial score (nSPS) is 16.0. The molecule has 2 amide bonds. The van der Waals surface area contributed by atoms with Crippen LogP contribution in [0.4, 0.5) is 4.79 Å². The molecule has 2 heterocycles. The molecule has 0 saturated carbocycles. The molecule has 4 nitrogen and oxygen atoms in total. The van der Waals surface area contributed by atoms with E-state index in [1.807, 2.05) is 51.4 Å². The minimum absolute atomic E-state index is 0.121. The third kappa shape index (κ3) is 2.61. The molecule has 1 aliphatic rings. The van der Waals surface area contributed by atoms with Gasteiger partial charge >= 0.3 is 6.03 Å². The van der Waals surface area contributed by atoms with Crippen molar-refractivity contribution in [2.75, 3.05) is 13.1 Å². The summed E-state index contributed by atoms with van der Waals surface area (Å²) in [5, 5.41) is 1.95. The predicted octanol–water partition coefficient (Wildman–Crippen LogP) is 2.66. The molecule has 0 unspecified atom stereocenters. The van der Waals surface area contributed by atoms with Gasteiger partial charge in [0.15, 0.2) is 4.80 Å². The summed E-state index contributed by atoms with van der Waals surface area (Å²) >= 11 is 1.48. The Bertz CT molecular complexity index is 623. The van der Waals surface area contributed by atoms with Gasteiger partial charge in [-0.25, -0.2) is 4.79 Å². The molecule has 1 fully saturated rings. The summed E-state index contributed by atoms with van der Waals surface area (Å²) in [6, 6.07) is 9.82. The van der Waals surface area contributed by atoms with Crippen LogP contribution >= 0.6 is 11.3 Å². The van der Waals surface area contributed by atoms with Gasteiger partial charge in [0, 0.05) is 30.4 Å². The number of amides is 2. The molecular weight excluding hydrogens is 258 g/mol. The van der Waals surface area contributed by atoms with Crippen molar-refractivity contribution in [2.24, 2.45) is 4.99 Å². The SMILES string of the molecule is O=C(N=c1sccn1-c1ccccc1)N1CCCC1. The molecule has 1 saturated heterocycles. The zero-order valence-corrected chi connectivity index (χ0v) is 11.3. The van der Waals surface area contributed by atoms with Crippen LogP contribution in [0.1, 0.15) is 12.8 Å². The van der Waals surface area contributed by atoms with Gasteiger partial charge in [-0.3, -0.25) is 4.57 Å². The number of benzene rings is 1. The maximum Gasteiger partial charge on any atom is 0.346 e. The van der Waals surface area contributed by atoms with Gasteiger partial charge in [0.25, 0.3) is 0 Å². The summed E-state index contributed by atoms with van der Waals surface area (Å²) in [4.78, 5) is 18.8. The van der Waals surface area contributed by atoms with E-state index in [2.05, 4.69) is 4.99 Å². The van der Waals surface area contributed by atoms with Crippen molar-refractivity contribution in [1.82, 2.24) is 9.47 Å². The monoisotopic (exact) mass is 273 g/mol. The lowest BCUT2D eigenvalue weighted by atomic mass is 10.3. The fraction of sp³-hybridized carbons (Fsp3) is 0.286. The third-order valence-electron chi connectivity index (χ3n) is 3.19. The first kappa shape index (κ1) is 12.2. The number of carbonyl (C=O) groups excluding carboxylic acids is 1. The van der Waals surface area contributed by atoms with Crippen molar-refractivity contribution < 1.29 is 4.79 Å². The average molecular weight is 273 g/mol. The van der Waals surface area contributed by atoms with Crippen molar-refractivity contribution in [1.29, 1.82) is 0 Å². The van der Waals surface area contributed by atoms with Crippen LogP contribution in [0.25, 0.3) is 5.69 Å². The van der Waals surface area contributed by atoms with Gasteiger partial charge in [0.05, 0.1) is 0 Å². The maximum absolute atomic E-state index is 12.0. The van der Waals surface area contributed by atoms with Gasteiger partial charge in [-0.15, -0.1) is 11.3 Å². The topological polar surface area (TPSA) is 37.6 Å². The lowest BCUT2D eigenvalue weighted by Gasteiger charge is -2.10. The second-order valence-corrected chi connectivity index (χ2v) is 5.35. The van der Waals surface area contributed by atoms with Crippen LogP contribution in [0.5, 0.6) is 0 Å². The number of nitrogens with zero attached hydrogens (tertiary/aromatic N) is 3. The molecule has 3 rings (SSSR count). The van der Waals surface area contributed by atoms with Gasteiger partial charge in [0.2, 0.25) is 0 Å². The van der Waals surface area contributed by atoms with Crippen LogP contribution in [0.3, 0.4) is 0 Å². The zero-order valence-electron chi connectivity index (χ0n) is 10.5. The molecule has 0 radical (unpaired) electrons. The molecule has 0 N–H and O–H groups in total. The molecule has 0 atom stereocenters. The van der Waals surface area contributed by atoms with E-state index in [9.17, 15) is 4.79 Å². The number of para-hydroxylation sites is 1. The van der Waals surface area contributed by atoms with Gasteiger partial charge in [-0.05, 0) is 25.0 Å². The molecule has 0 bridgehead atoms. The molecular formula is C14H15N3OS. The van der Waals surface area contributed by atoms with Crippen molar-refractivity contribution in [2.45, 2.75) is 12.8 Å². The second kappa shape index (κ2) is 5.40. The summed E-state index contributed by atoms with van der Waals surface area (Å²) in [5.74, 6) is 0. The first-order valence-corrected chi connectivity index (χ1v) is 7.28. The molecule has 2 aromatic rings. The Kier molecular flexibility index (Phi) is 3.46. The lowest BCUT2D eigenvalue weighted by molar-refractivity contribution is 0.218. The van der Waals surface area contributed by atoms with Crippen LogP contribution in [0, 0.1) is 0 Å². The molecule has 0 spiro atoms. The Balaban J connectivity index is 1.93. The summed E-state index contributed by atoms with van der Waals surface area (Å²) < 4.78 is 1.94. The minimum atomic E-state index is -0.121. The van der Waals surface area contributed by atoms with E-state index in [0.29, 0.717) is 0 Å². The fourth-order valence-corrected chi connectivity index (χ4v) is 2.91. The van der Waals surface area contributed by atoms with Gasteiger partial charge in [0.1, 0.15) is 0 Å². The Morgan fingerprint density at radius 2 is 1.89 bits per heavy atom. The highest BCUT2D eigenvalue weighted by Crippen LogP contribution is 2.09. The average Bonchev–Trinajstić information content (AvgIpc) is 3.11. The van der Waals surface area contributed by atoms with Crippen LogP contribution in [0.2, 0.25) is 0 Å². The van der Waals surface area contributed by atoms with Crippen LogP contribution < -0.4 is 4.80 Å². The van der Waals surface area contributed by atoms with Crippen molar-refractivity contribution in [3.8, 4) is 5.69 Å². The van der Waals surface area contributed by atoms with Gasteiger partial charge in [-0.1, -0.05) is 18.2 Å². The smallest absolute Gasteiger partial charge is 0.323 e. The van der Waals surface area contributed by atoms with E-state index in [0.717, 1.165) is 36.4 Å². The Morgan fingerprint density at radius 3 is 2.63 bits per heavy atom. The van der Waals surface area contributed by atoms with Crippen molar-refractivity contribution >= 4 is 17.4 Å². The Labute approximate surface area is 115 Å². The van der Waals surface area contributed by atoms with Crippen molar-refractivity contribution in [3.63, 3.8) is 0 Å². The summed E-state index contributed by atoms with van der Waals surface area (Å²) in [6.07, 6.45) is 4.12. The van der Waals surface area contributed by atoms with E-state index in [1.54, 1.807) is 0 Å². The quantitative estimate of drug-likeness (QED) is 0.787. The molecule has 1 aromatic heterocycles. The van der Waals surface area contributed by atoms with Crippen molar-refractivity contribution in [3.05, 3.63) is 46.7 Å². The van der Waals surface area contributed by atoms with Gasteiger partial charge < -0.3 is 4.90 Å². The number of rotatable bonds is 1. The van der Waals surface area contributed by atoms with Gasteiger partial charge in [-0.2, -0.15) is 4.99 Å². The molecule has 5 heteroatoms. The standard InChI is InChI=1S/C14H15N3OS/c18-13(16-8-4-5-9-16)15-14-17(10-11-19-14)12-6-2-1-3-7-12/h1-3,6-7,10-11H,4-5,8-9H2. The Hall–Kier alpha value is -1.88. The van der Waals surface area contributed by atoms with Crippen LogP contribution in [-0.4, -0.2) is 28.6 Å². The highest BCUT2D eigenvalue weighted by atomic mass is 32.1. The van der Waals surface area contributed by atoms with E-state index < -0.39 is 0 Å². The first-order valence-electron chi connectivity index (χ1n) is 6.40. The van der Waals surface area contributed by atoms with E-state index >= 15 is 0 Å². The molecule has 1 aromatic carbocycles. The number of aromatic nitrogens is 1. The lowest BCUT2D eigenvalue weighted by Crippen LogP contribution is -2.27. The molecule has 0 aliphatic carbocycles. The highest BCUT2D eigenvalue weighted by molar-refractivity contribution is 7.07. The minimum Gasteiger partial charge on any atom is -0.323 e. The number of urea groups is 1. The largest absolute Gasteiger partial charge is 0.346 e. The number of thiazole rings is 1. The highest BCUT2D eigenvalue weighted by Gasteiger charge is 2.17. The zero-order chi connectivity index (χ0) is 13.1. The van der Waals surface area contributed by atoms with E-state index in [-0.39, 0.29) is 6.03 Å². The molecule has 1 aliphatic heterocycles. The number of likely N-dealkylation sites (tertiary alicyclic amines) is 1. The number of hydrogen-bond acceptors (Lipinski definition) is 2. The third-order valence-corrected chi connectivity index (χ3v) is 3.95. The Morgan fingerprint density at radius 1 is 1.16 bits per heavy atom. The maximum atomic E-state index is 12.0.